The van der Waals surface area contributed by atoms with Gasteiger partial charge in [0, 0.05) is 23.8 Å². The molecule has 1 N–H and O–H groups in total. The Hall–Kier alpha value is -3.17. The number of hydrogen-bond acceptors (Lipinski definition) is 7. The number of nitrogens with zero attached hydrogens (tertiary/aromatic N) is 2. The standard InChI is InChI=1S/C29H33N3O5S/c1-2-36-22-12-9-19(10-13-22)26(33)18-38-29-31-25-16-20(27(34)30-21-6-3-4-7-21)11-14-24(25)28(35)32(29)17-23-8-5-15-37-23/h9-14,16,21,23H,2-8,15,17-18H2,1H3,(H,30,34)/t23-/m1/s1. The summed E-state index contributed by atoms with van der Waals surface area (Å²) in [5.74, 6) is 0.620. The third kappa shape index (κ3) is 6.10. The van der Waals surface area contributed by atoms with Crippen molar-refractivity contribution in [3.63, 3.8) is 0 Å². The molecule has 1 atom stereocenters. The molecular formula is C29H33N3O5S. The largest absolute Gasteiger partial charge is 0.494 e. The topological polar surface area (TPSA) is 99.5 Å². The van der Waals surface area contributed by atoms with Crippen LogP contribution < -0.4 is 15.6 Å². The van der Waals surface area contributed by atoms with Crippen LogP contribution in [0.4, 0.5) is 0 Å². The summed E-state index contributed by atoms with van der Waals surface area (Å²) in [4.78, 5) is 44.1. The molecule has 200 valence electrons. The zero-order valence-corrected chi connectivity index (χ0v) is 22.4. The maximum Gasteiger partial charge on any atom is 0.262 e. The van der Waals surface area contributed by atoms with E-state index in [1.807, 2.05) is 6.92 Å². The van der Waals surface area contributed by atoms with Gasteiger partial charge in [-0.3, -0.25) is 19.0 Å². The molecule has 1 amide bonds. The quantitative estimate of drug-likeness (QED) is 0.230. The monoisotopic (exact) mass is 535 g/mol. The summed E-state index contributed by atoms with van der Waals surface area (Å²) >= 11 is 1.23. The lowest BCUT2D eigenvalue weighted by Crippen LogP contribution is -2.32. The van der Waals surface area contributed by atoms with Gasteiger partial charge in [-0.25, -0.2) is 4.98 Å². The minimum absolute atomic E-state index is 0.0652. The van der Waals surface area contributed by atoms with Gasteiger partial charge in [0.05, 0.1) is 35.9 Å². The fraction of sp³-hybridized carbons (Fsp3) is 0.448. The Labute approximate surface area is 226 Å². The van der Waals surface area contributed by atoms with E-state index in [4.69, 9.17) is 14.5 Å². The van der Waals surface area contributed by atoms with Crippen LogP contribution in [0.2, 0.25) is 0 Å². The molecule has 8 nitrogen and oxygen atoms in total. The number of aromatic nitrogens is 2. The van der Waals surface area contributed by atoms with E-state index in [9.17, 15) is 14.4 Å². The number of thioether (sulfide) groups is 1. The second kappa shape index (κ2) is 12.1. The summed E-state index contributed by atoms with van der Waals surface area (Å²) < 4.78 is 12.9. The van der Waals surface area contributed by atoms with Gasteiger partial charge in [-0.1, -0.05) is 24.6 Å². The Morgan fingerprint density at radius 1 is 1.08 bits per heavy atom. The van der Waals surface area contributed by atoms with Crippen molar-refractivity contribution in [1.29, 1.82) is 0 Å². The molecule has 0 spiro atoms. The van der Waals surface area contributed by atoms with Crippen LogP contribution in [0, 0.1) is 0 Å². The lowest BCUT2D eigenvalue weighted by atomic mass is 10.1. The van der Waals surface area contributed by atoms with Gasteiger partial charge in [0.1, 0.15) is 5.75 Å². The van der Waals surface area contributed by atoms with Crippen molar-refractivity contribution >= 4 is 34.4 Å². The first kappa shape index (κ1) is 26.4. The van der Waals surface area contributed by atoms with Gasteiger partial charge in [-0.15, -0.1) is 0 Å². The van der Waals surface area contributed by atoms with Gasteiger partial charge in [0.15, 0.2) is 10.9 Å². The highest BCUT2D eigenvalue weighted by Crippen LogP contribution is 2.24. The number of carbonyl (C=O) groups is 2. The molecule has 1 aromatic heterocycles. The SMILES string of the molecule is CCOc1ccc(C(=O)CSc2nc3cc(C(=O)NC4CCCC4)ccc3c(=O)n2C[C@H]2CCCO2)cc1. The average molecular weight is 536 g/mol. The lowest BCUT2D eigenvalue weighted by molar-refractivity contribution is 0.0935. The number of nitrogens with one attached hydrogen (secondary N) is 1. The molecule has 3 aromatic rings. The molecule has 38 heavy (non-hydrogen) atoms. The third-order valence-corrected chi connectivity index (χ3v) is 8.08. The van der Waals surface area contributed by atoms with Crippen LogP contribution in [0.1, 0.15) is 66.2 Å². The van der Waals surface area contributed by atoms with Crippen molar-refractivity contribution in [2.75, 3.05) is 19.0 Å². The van der Waals surface area contributed by atoms with Gasteiger partial charge < -0.3 is 14.8 Å². The van der Waals surface area contributed by atoms with Gasteiger partial charge in [0.2, 0.25) is 0 Å². The molecule has 5 rings (SSSR count). The molecular weight excluding hydrogens is 502 g/mol. The number of ether oxygens (including phenoxy) is 2. The van der Waals surface area contributed by atoms with Gasteiger partial charge in [-0.05, 0) is 75.1 Å². The maximum absolute atomic E-state index is 13.6. The van der Waals surface area contributed by atoms with Gasteiger partial charge >= 0.3 is 0 Å². The first-order valence-electron chi connectivity index (χ1n) is 13.4. The van der Waals surface area contributed by atoms with E-state index < -0.39 is 0 Å². The highest BCUT2D eigenvalue weighted by molar-refractivity contribution is 7.99. The lowest BCUT2D eigenvalue weighted by Gasteiger charge is -2.17. The summed E-state index contributed by atoms with van der Waals surface area (Å²) in [6, 6.07) is 12.3. The van der Waals surface area contributed by atoms with Crippen LogP contribution in [0.5, 0.6) is 5.75 Å². The third-order valence-electron chi connectivity index (χ3n) is 7.10. The summed E-state index contributed by atoms with van der Waals surface area (Å²) in [6.45, 7) is 3.53. The first-order chi connectivity index (χ1) is 18.5. The summed E-state index contributed by atoms with van der Waals surface area (Å²) in [5, 5.41) is 3.99. The minimum atomic E-state index is -0.190. The Morgan fingerprint density at radius 2 is 1.84 bits per heavy atom. The Kier molecular flexibility index (Phi) is 8.44. The molecule has 1 aliphatic heterocycles. The molecule has 2 aromatic carbocycles. The zero-order chi connectivity index (χ0) is 26.5. The maximum atomic E-state index is 13.6. The van der Waals surface area contributed by atoms with Crippen molar-refractivity contribution in [3.8, 4) is 5.75 Å². The number of hydrogen-bond donors (Lipinski definition) is 1. The predicted octanol–water partition coefficient (Wildman–Crippen LogP) is 4.62. The van der Waals surface area contributed by atoms with Crippen LogP contribution in [-0.4, -0.2) is 52.4 Å². The van der Waals surface area contributed by atoms with E-state index >= 15 is 0 Å². The molecule has 2 heterocycles. The van der Waals surface area contributed by atoms with Gasteiger partial charge in [0.25, 0.3) is 11.5 Å². The molecule has 0 radical (unpaired) electrons. The Morgan fingerprint density at radius 3 is 2.55 bits per heavy atom. The number of rotatable bonds is 10. The second-order valence-electron chi connectivity index (χ2n) is 9.80. The number of carbonyl (C=O) groups excluding carboxylic acids is 2. The molecule has 9 heteroatoms. The Balaban J connectivity index is 1.41. The molecule has 1 saturated carbocycles. The second-order valence-corrected chi connectivity index (χ2v) is 10.7. The van der Waals surface area contributed by atoms with E-state index in [1.54, 1.807) is 47.0 Å². The van der Waals surface area contributed by atoms with Crippen LogP contribution in [0.25, 0.3) is 10.9 Å². The molecule has 0 bridgehead atoms. The van der Waals surface area contributed by atoms with Crippen LogP contribution in [0.3, 0.4) is 0 Å². The molecule has 1 aliphatic carbocycles. The zero-order valence-electron chi connectivity index (χ0n) is 21.6. The highest BCUT2D eigenvalue weighted by atomic mass is 32.2. The minimum Gasteiger partial charge on any atom is -0.494 e. The van der Waals surface area contributed by atoms with E-state index in [-0.39, 0.29) is 35.1 Å². The molecule has 2 fully saturated rings. The fourth-order valence-electron chi connectivity index (χ4n) is 5.06. The van der Waals surface area contributed by atoms with Crippen molar-refractivity contribution in [3.05, 3.63) is 63.9 Å². The average Bonchev–Trinajstić information content (AvgIpc) is 3.64. The van der Waals surface area contributed by atoms with E-state index in [1.165, 1.54) is 11.8 Å². The fourth-order valence-corrected chi connectivity index (χ4v) is 5.96. The van der Waals surface area contributed by atoms with Crippen molar-refractivity contribution in [1.82, 2.24) is 14.9 Å². The normalized spacial score (nSPS) is 17.7. The van der Waals surface area contributed by atoms with E-state index in [2.05, 4.69) is 5.32 Å². The number of Topliss-reactive ketones (excluding diaryl/α,β-unsaturated/α-hetero) is 1. The summed E-state index contributed by atoms with van der Waals surface area (Å²) in [6.07, 6.45) is 6.01. The van der Waals surface area contributed by atoms with E-state index in [0.717, 1.165) is 38.5 Å². The van der Waals surface area contributed by atoms with Gasteiger partial charge in [-0.2, -0.15) is 0 Å². The first-order valence-corrected chi connectivity index (χ1v) is 14.4. The molecule has 0 unspecified atom stereocenters. The predicted molar refractivity (Wildman–Crippen MR) is 147 cm³/mol. The number of amides is 1. The summed E-state index contributed by atoms with van der Waals surface area (Å²) in [7, 11) is 0. The number of fused-ring (bicyclic) bond motifs is 1. The van der Waals surface area contributed by atoms with Crippen molar-refractivity contribution in [2.45, 2.75) is 69.3 Å². The van der Waals surface area contributed by atoms with Crippen molar-refractivity contribution in [2.24, 2.45) is 0 Å². The number of benzene rings is 2. The Bertz CT molecular complexity index is 1360. The van der Waals surface area contributed by atoms with Crippen molar-refractivity contribution < 1.29 is 19.1 Å². The highest BCUT2D eigenvalue weighted by Gasteiger charge is 2.22. The smallest absolute Gasteiger partial charge is 0.262 e. The van der Waals surface area contributed by atoms with Crippen LogP contribution >= 0.6 is 11.8 Å². The summed E-state index contributed by atoms with van der Waals surface area (Å²) in [5.41, 5.74) is 1.31. The van der Waals surface area contributed by atoms with E-state index in [0.29, 0.717) is 52.7 Å². The number of ketones is 1. The van der Waals surface area contributed by atoms with Crippen LogP contribution in [0.15, 0.2) is 52.4 Å². The van der Waals surface area contributed by atoms with Crippen LogP contribution in [-0.2, 0) is 11.3 Å². The molecule has 1 saturated heterocycles. The molecule has 2 aliphatic rings.